The van der Waals surface area contributed by atoms with Gasteiger partial charge in [0.05, 0.1) is 6.61 Å². The van der Waals surface area contributed by atoms with Gasteiger partial charge in [-0.3, -0.25) is 4.18 Å². The van der Waals surface area contributed by atoms with Crippen LogP contribution in [0.25, 0.3) is 0 Å². The van der Waals surface area contributed by atoms with Crippen molar-refractivity contribution in [3.63, 3.8) is 0 Å². The molecule has 0 unspecified atom stereocenters. The van der Waals surface area contributed by atoms with Gasteiger partial charge in [0.2, 0.25) is 0 Å². The van der Waals surface area contributed by atoms with Crippen molar-refractivity contribution in [3.8, 4) is 0 Å². The topological polar surface area (TPSA) is 43.4 Å². The van der Waals surface area contributed by atoms with E-state index >= 15 is 0 Å². The van der Waals surface area contributed by atoms with E-state index in [4.69, 9.17) is 11.6 Å². The van der Waals surface area contributed by atoms with Crippen LogP contribution in [0.2, 0.25) is 5.02 Å². The first-order chi connectivity index (χ1) is 6.16. The van der Waals surface area contributed by atoms with Crippen LogP contribution in [0.3, 0.4) is 0 Å². The minimum Gasteiger partial charge on any atom is -0.272 e. The molecule has 0 aliphatic heterocycles. The van der Waals surface area contributed by atoms with Crippen LogP contribution in [0.4, 0.5) is 0 Å². The number of benzene rings is 1. The first kappa shape index (κ1) is 12.4. The number of hydrogen-bond donors (Lipinski definition) is 1. The SMILES string of the molecule is CCO[SH](=O)=O.Clc1ccccc1. The van der Waals surface area contributed by atoms with Gasteiger partial charge < -0.3 is 0 Å². The van der Waals surface area contributed by atoms with Gasteiger partial charge in [0.15, 0.2) is 0 Å². The van der Waals surface area contributed by atoms with Crippen LogP contribution in [0, 0.1) is 0 Å². The molecule has 0 radical (unpaired) electrons. The van der Waals surface area contributed by atoms with Gasteiger partial charge in [-0.25, -0.2) is 8.42 Å². The van der Waals surface area contributed by atoms with Crippen LogP contribution < -0.4 is 0 Å². The van der Waals surface area contributed by atoms with Crippen molar-refractivity contribution in [2.24, 2.45) is 0 Å². The predicted octanol–water partition coefficient (Wildman–Crippen LogP) is 1.89. The summed E-state index contributed by atoms with van der Waals surface area (Å²) in [6.07, 6.45) is 0. The average Bonchev–Trinajstić information content (AvgIpc) is 2.06. The highest BCUT2D eigenvalue weighted by Gasteiger charge is 1.75. The van der Waals surface area contributed by atoms with Crippen molar-refractivity contribution in [2.45, 2.75) is 6.92 Å². The van der Waals surface area contributed by atoms with Crippen LogP contribution in [0.5, 0.6) is 0 Å². The Hall–Kier alpha value is -0.580. The molecular formula is C8H11ClO3S. The molecule has 0 N–H and O–H groups in total. The fourth-order valence-electron chi connectivity index (χ4n) is 0.520. The maximum absolute atomic E-state index is 9.41. The van der Waals surface area contributed by atoms with E-state index in [1.54, 1.807) is 6.92 Å². The molecule has 5 heteroatoms. The largest absolute Gasteiger partial charge is 0.272 e. The quantitative estimate of drug-likeness (QED) is 0.778. The number of halogens is 1. The summed E-state index contributed by atoms with van der Waals surface area (Å²) in [5.41, 5.74) is 0. The minimum absolute atomic E-state index is 0.235. The second kappa shape index (κ2) is 8.04. The smallest absolute Gasteiger partial charge is 0.257 e. The highest BCUT2D eigenvalue weighted by atomic mass is 35.5. The molecule has 0 amide bonds. The van der Waals surface area contributed by atoms with Crippen molar-refractivity contribution in [3.05, 3.63) is 35.4 Å². The fraction of sp³-hybridized carbons (Fsp3) is 0.250. The summed E-state index contributed by atoms with van der Waals surface area (Å²) in [5, 5.41) is 0.794. The van der Waals surface area contributed by atoms with Gasteiger partial charge in [0.1, 0.15) is 0 Å². The third kappa shape index (κ3) is 9.33. The molecule has 1 aromatic rings. The van der Waals surface area contributed by atoms with Gasteiger partial charge in [-0.1, -0.05) is 29.8 Å². The van der Waals surface area contributed by atoms with Gasteiger partial charge in [-0.05, 0) is 19.1 Å². The third-order valence-corrected chi connectivity index (χ3v) is 1.69. The van der Waals surface area contributed by atoms with Gasteiger partial charge in [-0.2, -0.15) is 0 Å². The Bertz CT molecular complexity index is 277. The Balaban J connectivity index is 0.000000226. The lowest BCUT2D eigenvalue weighted by Gasteiger charge is -1.80. The molecular weight excluding hydrogens is 212 g/mol. The van der Waals surface area contributed by atoms with E-state index in [1.807, 2.05) is 30.3 Å². The zero-order valence-corrected chi connectivity index (χ0v) is 8.79. The van der Waals surface area contributed by atoms with Crippen molar-refractivity contribution in [1.82, 2.24) is 0 Å². The molecule has 0 atom stereocenters. The molecule has 0 aromatic heterocycles. The fourth-order valence-corrected chi connectivity index (χ4v) is 0.876. The molecule has 74 valence electrons. The lowest BCUT2D eigenvalue weighted by atomic mass is 10.4. The van der Waals surface area contributed by atoms with E-state index in [-0.39, 0.29) is 6.61 Å². The summed E-state index contributed by atoms with van der Waals surface area (Å²) >= 11 is 5.54. The highest BCUT2D eigenvalue weighted by molar-refractivity contribution is 7.67. The van der Waals surface area contributed by atoms with E-state index < -0.39 is 11.0 Å². The van der Waals surface area contributed by atoms with Crippen LogP contribution in [-0.4, -0.2) is 15.0 Å². The summed E-state index contributed by atoms with van der Waals surface area (Å²) in [6.45, 7) is 1.85. The predicted molar refractivity (Wildman–Crippen MR) is 53.4 cm³/mol. The van der Waals surface area contributed by atoms with Crippen LogP contribution in [0.1, 0.15) is 6.92 Å². The van der Waals surface area contributed by atoms with Crippen LogP contribution >= 0.6 is 11.6 Å². The molecule has 0 fully saturated rings. The second-order valence-electron chi connectivity index (χ2n) is 1.94. The molecule has 0 aliphatic rings. The lowest BCUT2D eigenvalue weighted by Crippen LogP contribution is -1.83. The summed E-state index contributed by atoms with van der Waals surface area (Å²) in [4.78, 5) is 0. The minimum atomic E-state index is -2.60. The Kier molecular flexibility index (Phi) is 7.68. The van der Waals surface area contributed by atoms with E-state index in [0.29, 0.717) is 0 Å². The summed E-state index contributed by atoms with van der Waals surface area (Å²) in [6, 6.07) is 9.44. The molecule has 1 aromatic carbocycles. The van der Waals surface area contributed by atoms with Gasteiger partial charge in [0.25, 0.3) is 11.0 Å². The molecule has 3 nitrogen and oxygen atoms in total. The molecule has 0 heterocycles. The van der Waals surface area contributed by atoms with Crippen LogP contribution in [-0.2, 0) is 15.2 Å². The standard InChI is InChI=1S/C6H5Cl.C2H6O3S/c7-6-4-2-1-3-5-6;1-2-5-6(3)4/h1-5H;6H,2H2,1H3. The zero-order chi connectivity index (χ0) is 10.1. The Morgan fingerprint density at radius 1 is 1.31 bits per heavy atom. The van der Waals surface area contributed by atoms with Crippen molar-refractivity contribution >= 4 is 22.6 Å². The number of hydrogen-bond acceptors (Lipinski definition) is 3. The zero-order valence-electron chi connectivity index (χ0n) is 7.14. The third-order valence-electron chi connectivity index (χ3n) is 0.968. The first-order valence-corrected chi connectivity index (χ1v) is 5.12. The molecule has 13 heavy (non-hydrogen) atoms. The summed E-state index contributed by atoms with van der Waals surface area (Å²) in [5.74, 6) is 0. The molecule has 0 saturated carbocycles. The average molecular weight is 223 g/mol. The van der Waals surface area contributed by atoms with Crippen molar-refractivity contribution < 1.29 is 12.6 Å². The van der Waals surface area contributed by atoms with Gasteiger partial charge >= 0.3 is 0 Å². The van der Waals surface area contributed by atoms with E-state index in [2.05, 4.69) is 4.18 Å². The Morgan fingerprint density at radius 2 is 1.85 bits per heavy atom. The van der Waals surface area contributed by atoms with Crippen molar-refractivity contribution in [2.75, 3.05) is 6.61 Å². The Labute approximate surface area is 84.5 Å². The monoisotopic (exact) mass is 222 g/mol. The number of thiol groups is 1. The normalized spacial score (nSPS) is 9.15. The van der Waals surface area contributed by atoms with Crippen LogP contribution in [0.15, 0.2) is 30.3 Å². The maximum atomic E-state index is 9.41. The van der Waals surface area contributed by atoms with Gasteiger partial charge in [0, 0.05) is 5.02 Å². The molecule has 0 aliphatic carbocycles. The highest BCUT2D eigenvalue weighted by Crippen LogP contribution is 2.03. The van der Waals surface area contributed by atoms with E-state index in [9.17, 15) is 8.42 Å². The molecule has 0 spiro atoms. The van der Waals surface area contributed by atoms with Crippen molar-refractivity contribution in [1.29, 1.82) is 0 Å². The van der Waals surface area contributed by atoms with E-state index in [1.165, 1.54) is 0 Å². The molecule has 0 bridgehead atoms. The summed E-state index contributed by atoms with van der Waals surface area (Å²) < 4.78 is 22.8. The first-order valence-electron chi connectivity index (χ1n) is 3.64. The molecule has 0 saturated heterocycles. The second-order valence-corrected chi connectivity index (χ2v) is 3.08. The lowest BCUT2D eigenvalue weighted by molar-refractivity contribution is 0.354. The summed E-state index contributed by atoms with van der Waals surface area (Å²) in [7, 11) is -2.60. The Morgan fingerprint density at radius 3 is 2.00 bits per heavy atom. The number of rotatable bonds is 2. The van der Waals surface area contributed by atoms with Gasteiger partial charge in [-0.15, -0.1) is 0 Å². The maximum Gasteiger partial charge on any atom is 0.257 e. The molecule has 1 rings (SSSR count). The van der Waals surface area contributed by atoms with E-state index in [0.717, 1.165) is 5.02 Å².